The topological polar surface area (TPSA) is 47.3 Å². The predicted octanol–water partition coefficient (Wildman–Crippen LogP) is 3.19. The fourth-order valence-corrected chi connectivity index (χ4v) is 4.07. The number of hydrogen-bond acceptors (Lipinski definition) is 5. The number of rotatable bonds is 2. The van der Waals surface area contributed by atoms with Gasteiger partial charge in [0.1, 0.15) is 0 Å². The third-order valence-electron chi connectivity index (χ3n) is 3.07. The zero-order chi connectivity index (χ0) is 15.1. The van der Waals surface area contributed by atoms with Crippen molar-refractivity contribution < 1.29 is 0 Å². The van der Waals surface area contributed by atoms with E-state index in [9.17, 15) is 4.79 Å². The van der Waals surface area contributed by atoms with E-state index < -0.39 is 0 Å². The minimum Gasteiger partial charge on any atom is -0.266 e. The highest BCUT2D eigenvalue weighted by molar-refractivity contribution is 9.10. The van der Waals surface area contributed by atoms with E-state index in [1.807, 2.05) is 47.9 Å². The maximum Gasteiger partial charge on any atom is 0.291 e. The summed E-state index contributed by atoms with van der Waals surface area (Å²) in [5.41, 5.74) is 0.838. The van der Waals surface area contributed by atoms with Crippen LogP contribution in [0.2, 0.25) is 0 Å². The lowest BCUT2D eigenvalue weighted by molar-refractivity contribution is 0.938. The van der Waals surface area contributed by atoms with Crippen molar-refractivity contribution in [2.75, 3.05) is 0 Å². The molecule has 4 rings (SSSR count). The van der Waals surface area contributed by atoms with Crippen LogP contribution in [0.5, 0.6) is 0 Å². The molecule has 0 atom stereocenters. The number of hydrogen-bond donors (Lipinski definition) is 0. The molecule has 0 N–H and O–H groups in total. The van der Waals surface area contributed by atoms with Crippen molar-refractivity contribution in [2.24, 2.45) is 0 Å². The standard InChI is InChI=1S/C15H8BrN3OS2/c16-10-4-1-3-9(7-10)8-12-14(20)19-15(22-12)17-13(18-19)11-5-2-6-21-11/h1-8H. The van der Waals surface area contributed by atoms with Crippen LogP contribution >= 0.6 is 38.6 Å². The molecule has 22 heavy (non-hydrogen) atoms. The van der Waals surface area contributed by atoms with E-state index in [1.165, 1.54) is 15.9 Å². The summed E-state index contributed by atoms with van der Waals surface area (Å²) in [6.07, 6.45) is 1.86. The Hall–Kier alpha value is -1.83. The Labute approximate surface area is 141 Å². The van der Waals surface area contributed by atoms with Gasteiger partial charge in [-0.1, -0.05) is 45.5 Å². The molecular formula is C15H8BrN3OS2. The van der Waals surface area contributed by atoms with Gasteiger partial charge >= 0.3 is 0 Å². The molecule has 0 aliphatic carbocycles. The van der Waals surface area contributed by atoms with Gasteiger partial charge in [0.25, 0.3) is 5.56 Å². The first-order valence-corrected chi connectivity index (χ1v) is 8.90. The van der Waals surface area contributed by atoms with Crippen LogP contribution in [-0.4, -0.2) is 14.6 Å². The molecule has 3 heterocycles. The Morgan fingerprint density at radius 2 is 2.14 bits per heavy atom. The molecule has 108 valence electrons. The average Bonchev–Trinajstić information content (AvgIpc) is 3.18. The van der Waals surface area contributed by atoms with E-state index in [1.54, 1.807) is 11.3 Å². The second-order valence-corrected chi connectivity index (χ2v) is 7.45. The SMILES string of the molecule is O=c1c(=Cc2cccc(Br)c2)sc2nc(-c3cccs3)nn12. The predicted molar refractivity (Wildman–Crippen MR) is 93.4 cm³/mol. The van der Waals surface area contributed by atoms with Gasteiger partial charge in [0, 0.05) is 4.47 Å². The molecule has 0 aliphatic heterocycles. The zero-order valence-corrected chi connectivity index (χ0v) is 14.3. The van der Waals surface area contributed by atoms with Crippen LogP contribution in [0.3, 0.4) is 0 Å². The normalized spacial score (nSPS) is 12.3. The number of thiazole rings is 1. The second-order valence-electron chi connectivity index (χ2n) is 4.58. The van der Waals surface area contributed by atoms with Crippen molar-refractivity contribution >= 4 is 49.6 Å². The fourth-order valence-electron chi connectivity index (χ4n) is 2.09. The molecule has 7 heteroatoms. The van der Waals surface area contributed by atoms with Crippen molar-refractivity contribution in [1.82, 2.24) is 14.6 Å². The van der Waals surface area contributed by atoms with Crippen molar-refractivity contribution in [3.63, 3.8) is 0 Å². The summed E-state index contributed by atoms with van der Waals surface area (Å²) in [5, 5.41) is 6.29. The van der Waals surface area contributed by atoms with Crippen molar-refractivity contribution in [2.45, 2.75) is 0 Å². The monoisotopic (exact) mass is 389 g/mol. The lowest BCUT2D eigenvalue weighted by Gasteiger charge is -1.92. The van der Waals surface area contributed by atoms with Gasteiger partial charge in [-0.25, -0.2) is 0 Å². The van der Waals surface area contributed by atoms with Gasteiger partial charge in [-0.15, -0.1) is 16.4 Å². The maximum absolute atomic E-state index is 12.4. The van der Waals surface area contributed by atoms with Gasteiger partial charge in [-0.2, -0.15) is 9.50 Å². The van der Waals surface area contributed by atoms with Crippen LogP contribution in [0.25, 0.3) is 21.7 Å². The largest absolute Gasteiger partial charge is 0.291 e. The number of thiophene rings is 1. The lowest BCUT2D eigenvalue weighted by Crippen LogP contribution is -2.23. The first-order valence-electron chi connectivity index (χ1n) is 6.41. The summed E-state index contributed by atoms with van der Waals surface area (Å²) in [7, 11) is 0. The minimum atomic E-state index is -0.129. The first-order chi connectivity index (χ1) is 10.7. The summed E-state index contributed by atoms with van der Waals surface area (Å²) in [5.74, 6) is 0.604. The van der Waals surface area contributed by atoms with Crippen LogP contribution < -0.4 is 10.1 Å². The highest BCUT2D eigenvalue weighted by atomic mass is 79.9. The highest BCUT2D eigenvalue weighted by Gasteiger charge is 2.12. The molecule has 0 fully saturated rings. The lowest BCUT2D eigenvalue weighted by atomic mass is 10.2. The smallest absolute Gasteiger partial charge is 0.266 e. The molecule has 0 saturated heterocycles. The number of nitrogens with zero attached hydrogens (tertiary/aromatic N) is 3. The summed E-state index contributed by atoms with van der Waals surface area (Å²) in [6, 6.07) is 11.7. The van der Waals surface area contributed by atoms with Crippen LogP contribution in [-0.2, 0) is 0 Å². The van der Waals surface area contributed by atoms with Gasteiger partial charge < -0.3 is 0 Å². The molecule has 0 bridgehead atoms. The van der Waals surface area contributed by atoms with E-state index in [0.717, 1.165) is 14.9 Å². The van der Waals surface area contributed by atoms with Crippen LogP contribution in [0.4, 0.5) is 0 Å². The second kappa shape index (κ2) is 5.42. The van der Waals surface area contributed by atoms with Gasteiger partial charge in [0.05, 0.1) is 9.41 Å². The van der Waals surface area contributed by atoms with Crippen LogP contribution in [0, 0.1) is 0 Å². The molecule has 0 amide bonds. The molecule has 4 aromatic rings. The third-order valence-corrected chi connectivity index (χ3v) is 5.39. The van der Waals surface area contributed by atoms with Gasteiger partial charge in [-0.3, -0.25) is 4.79 Å². The molecule has 0 saturated carbocycles. The van der Waals surface area contributed by atoms with Gasteiger partial charge in [0.2, 0.25) is 4.96 Å². The molecule has 0 spiro atoms. The molecule has 1 aromatic carbocycles. The third kappa shape index (κ3) is 2.41. The molecule has 0 aliphatic rings. The summed E-state index contributed by atoms with van der Waals surface area (Å²) >= 11 is 6.34. The van der Waals surface area contributed by atoms with Gasteiger partial charge in [-0.05, 0) is 35.2 Å². The molecule has 0 radical (unpaired) electrons. The Bertz CT molecular complexity index is 1070. The number of aromatic nitrogens is 3. The fraction of sp³-hybridized carbons (Fsp3) is 0. The van der Waals surface area contributed by atoms with E-state index in [4.69, 9.17) is 0 Å². The Kier molecular flexibility index (Phi) is 3.40. The number of fused-ring (bicyclic) bond motifs is 1. The van der Waals surface area contributed by atoms with E-state index in [0.29, 0.717) is 15.3 Å². The Balaban J connectivity index is 1.86. The summed E-state index contributed by atoms with van der Waals surface area (Å²) in [4.78, 5) is 18.5. The average molecular weight is 390 g/mol. The summed E-state index contributed by atoms with van der Waals surface area (Å²) in [6.45, 7) is 0. The number of halogens is 1. The van der Waals surface area contributed by atoms with Gasteiger partial charge in [0.15, 0.2) is 5.82 Å². The summed E-state index contributed by atoms with van der Waals surface area (Å²) < 4.78 is 2.99. The van der Waals surface area contributed by atoms with Crippen LogP contribution in [0.15, 0.2) is 51.0 Å². The van der Waals surface area contributed by atoms with E-state index in [2.05, 4.69) is 26.0 Å². The van der Waals surface area contributed by atoms with Crippen molar-refractivity contribution in [3.05, 3.63) is 66.7 Å². The first kappa shape index (κ1) is 13.8. The van der Waals surface area contributed by atoms with E-state index >= 15 is 0 Å². The highest BCUT2D eigenvalue weighted by Crippen LogP contribution is 2.21. The molecule has 0 unspecified atom stereocenters. The minimum absolute atomic E-state index is 0.129. The molecule has 4 nitrogen and oxygen atoms in total. The quantitative estimate of drug-likeness (QED) is 0.528. The Morgan fingerprint density at radius 3 is 2.86 bits per heavy atom. The van der Waals surface area contributed by atoms with Crippen molar-refractivity contribution in [3.8, 4) is 10.7 Å². The van der Waals surface area contributed by atoms with Crippen LogP contribution in [0.1, 0.15) is 5.56 Å². The molecule has 3 aromatic heterocycles. The maximum atomic E-state index is 12.4. The zero-order valence-electron chi connectivity index (χ0n) is 11.1. The van der Waals surface area contributed by atoms with Crippen molar-refractivity contribution in [1.29, 1.82) is 0 Å². The molecular weight excluding hydrogens is 382 g/mol. The Morgan fingerprint density at radius 1 is 1.23 bits per heavy atom. The number of benzene rings is 1. The van der Waals surface area contributed by atoms with E-state index in [-0.39, 0.29) is 5.56 Å².